The number of benzene rings is 1. The van der Waals surface area contributed by atoms with E-state index < -0.39 is 0 Å². The lowest BCUT2D eigenvalue weighted by molar-refractivity contribution is 0.198. The van der Waals surface area contributed by atoms with Crippen molar-refractivity contribution in [2.24, 2.45) is 5.92 Å². The molecule has 2 rings (SSSR count). The Labute approximate surface area is 109 Å². The predicted octanol–water partition coefficient (Wildman–Crippen LogP) is 2.70. The third kappa shape index (κ3) is 3.48. The van der Waals surface area contributed by atoms with Crippen LogP contribution in [0, 0.1) is 17.2 Å². The standard InChI is InChI=1S/C15H21N3/c1-2-18-8-6-13(7-9-18)12-17-15-5-3-4-14(10-15)11-16/h3-5,10,13,17H,2,6-9,12H2,1H3. The summed E-state index contributed by atoms with van der Waals surface area (Å²) in [7, 11) is 0. The molecule has 1 aliphatic rings. The lowest BCUT2D eigenvalue weighted by Crippen LogP contribution is -2.35. The van der Waals surface area contributed by atoms with E-state index in [4.69, 9.17) is 5.26 Å². The molecule has 0 spiro atoms. The number of nitrogens with zero attached hydrogens (tertiary/aromatic N) is 2. The predicted molar refractivity (Wildman–Crippen MR) is 74.5 cm³/mol. The molecule has 1 aliphatic heterocycles. The van der Waals surface area contributed by atoms with E-state index >= 15 is 0 Å². The molecule has 1 fully saturated rings. The number of hydrogen-bond donors (Lipinski definition) is 1. The van der Waals surface area contributed by atoms with Crippen LogP contribution in [0.5, 0.6) is 0 Å². The molecule has 1 saturated heterocycles. The van der Waals surface area contributed by atoms with Crippen LogP contribution in [-0.2, 0) is 0 Å². The largest absolute Gasteiger partial charge is 0.385 e. The highest BCUT2D eigenvalue weighted by Gasteiger charge is 2.17. The van der Waals surface area contributed by atoms with E-state index in [0.29, 0.717) is 0 Å². The van der Waals surface area contributed by atoms with Crippen LogP contribution < -0.4 is 5.32 Å². The highest BCUT2D eigenvalue weighted by atomic mass is 15.1. The number of hydrogen-bond acceptors (Lipinski definition) is 3. The van der Waals surface area contributed by atoms with E-state index in [2.05, 4.69) is 23.2 Å². The van der Waals surface area contributed by atoms with Crippen molar-refractivity contribution < 1.29 is 0 Å². The second kappa shape index (κ2) is 6.42. The third-order valence-electron chi connectivity index (χ3n) is 3.74. The van der Waals surface area contributed by atoms with E-state index in [1.807, 2.05) is 24.3 Å². The molecule has 0 saturated carbocycles. The van der Waals surface area contributed by atoms with E-state index in [1.54, 1.807) is 0 Å². The minimum atomic E-state index is 0.723. The van der Waals surface area contributed by atoms with Crippen molar-refractivity contribution in [1.29, 1.82) is 5.26 Å². The van der Waals surface area contributed by atoms with Crippen LogP contribution in [0.15, 0.2) is 24.3 Å². The average molecular weight is 243 g/mol. The van der Waals surface area contributed by atoms with Crippen molar-refractivity contribution in [1.82, 2.24) is 4.90 Å². The molecule has 1 aromatic rings. The zero-order valence-electron chi connectivity index (χ0n) is 11.0. The molecule has 0 amide bonds. The molecule has 3 nitrogen and oxygen atoms in total. The van der Waals surface area contributed by atoms with Crippen molar-refractivity contribution in [3.8, 4) is 6.07 Å². The van der Waals surface area contributed by atoms with Gasteiger partial charge >= 0.3 is 0 Å². The smallest absolute Gasteiger partial charge is 0.0992 e. The van der Waals surface area contributed by atoms with Crippen LogP contribution in [0.25, 0.3) is 0 Å². The minimum Gasteiger partial charge on any atom is -0.385 e. The summed E-state index contributed by atoms with van der Waals surface area (Å²) in [4.78, 5) is 2.51. The third-order valence-corrected chi connectivity index (χ3v) is 3.74. The van der Waals surface area contributed by atoms with Gasteiger partial charge < -0.3 is 10.2 Å². The maximum absolute atomic E-state index is 8.85. The van der Waals surface area contributed by atoms with Gasteiger partial charge in [0.1, 0.15) is 0 Å². The van der Waals surface area contributed by atoms with Crippen LogP contribution in [0.4, 0.5) is 5.69 Å². The number of piperidine rings is 1. The fourth-order valence-electron chi connectivity index (χ4n) is 2.47. The summed E-state index contributed by atoms with van der Waals surface area (Å²) >= 11 is 0. The van der Waals surface area contributed by atoms with Crippen LogP contribution >= 0.6 is 0 Å². The van der Waals surface area contributed by atoms with Gasteiger partial charge in [0.05, 0.1) is 11.6 Å². The first-order valence-electron chi connectivity index (χ1n) is 6.78. The first-order chi connectivity index (χ1) is 8.81. The van der Waals surface area contributed by atoms with Gasteiger partial charge in [-0.2, -0.15) is 5.26 Å². The number of rotatable bonds is 4. The Bertz CT molecular complexity index is 414. The van der Waals surface area contributed by atoms with Crippen molar-refractivity contribution in [3.63, 3.8) is 0 Å². The van der Waals surface area contributed by atoms with E-state index in [1.165, 1.54) is 32.5 Å². The summed E-state index contributed by atoms with van der Waals surface area (Å²) < 4.78 is 0. The second-order valence-corrected chi connectivity index (χ2v) is 4.95. The minimum absolute atomic E-state index is 0.723. The van der Waals surface area contributed by atoms with Crippen molar-refractivity contribution in [2.45, 2.75) is 19.8 Å². The van der Waals surface area contributed by atoms with Gasteiger partial charge in [-0.25, -0.2) is 0 Å². The Kier molecular flexibility index (Phi) is 4.60. The summed E-state index contributed by atoms with van der Waals surface area (Å²) in [5, 5.41) is 12.3. The van der Waals surface area contributed by atoms with Crippen LogP contribution in [0.3, 0.4) is 0 Å². The van der Waals surface area contributed by atoms with Gasteiger partial charge in [-0.05, 0) is 56.6 Å². The average Bonchev–Trinajstić information content (AvgIpc) is 2.46. The zero-order valence-corrected chi connectivity index (χ0v) is 11.0. The molecule has 18 heavy (non-hydrogen) atoms. The van der Waals surface area contributed by atoms with E-state index in [9.17, 15) is 0 Å². The molecule has 0 radical (unpaired) electrons. The first-order valence-corrected chi connectivity index (χ1v) is 6.78. The SMILES string of the molecule is CCN1CCC(CNc2cccc(C#N)c2)CC1. The molecule has 0 atom stereocenters. The van der Waals surface area contributed by atoms with E-state index in [0.717, 1.165) is 23.7 Å². The Morgan fingerprint density at radius 3 is 2.83 bits per heavy atom. The van der Waals surface area contributed by atoms with Gasteiger partial charge in [0.25, 0.3) is 0 Å². The van der Waals surface area contributed by atoms with Gasteiger partial charge in [0, 0.05) is 12.2 Å². The molecule has 0 aliphatic carbocycles. The van der Waals surface area contributed by atoms with Gasteiger partial charge in [-0.3, -0.25) is 0 Å². The molecule has 3 heteroatoms. The Morgan fingerprint density at radius 1 is 1.39 bits per heavy atom. The van der Waals surface area contributed by atoms with Crippen LogP contribution in [-0.4, -0.2) is 31.1 Å². The van der Waals surface area contributed by atoms with Crippen molar-refractivity contribution in [2.75, 3.05) is 31.5 Å². The number of anilines is 1. The monoisotopic (exact) mass is 243 g/mol. The lowest BCUT2D eigenvalue weighted by atomic mass is 9.97. The van der Waals surface area contributed by atoms with Crippen molar-refractivity contribution >= 4 is 5.69 Å². The lowest BCUT2D eigenvalue weighted by Gasteiger charge is -2.31. The molecule has 0 unspecified atom stereocenters. The molecule has 1 aromatic carbocycles. The molecular formula is C15H21N3. The van der Waals surface area contributed by atoms with Gasteiger partial charge in [0.2, 0.25) is 0 Å². The summed E-state index contributed by atoms with van der Waals surface area (Å²) in [6, 6.07) is 9.89. The van der Waals surface area contributed by atoms with Gasteiger partial charge in [-0.15, -0.1) is 0 Å². The van der Waals surface area contributed by atoms with Crippen LogP contribution in [0.1, 0.15) is 25.3 Å². The zero-order chi connectivity index (χ0) is 12.8. The van der Waals surface area contributed by atoms with Crippen LogP contribution in [0.2, 0.25) is 0 Å². The molecule has 0 aromatic heterocycles. The normalized spacial score (nSPS) is 17.3. The summed E-state index contributed by atoms with van der Waals surface area (Å²) in [5.41, 5.74) is 1.78. The van der Waals surface area contributed by atoms with Gasteiger partial charge in [0.15, 0.2) is 0 Å². The summed E-state index contributed by atoms with van der Waals surface area (Å²) in [6.45, 7) is 6.87. The maximum Gasteiger partial charge on any atom is 0.0992 e. The second-order valence-electron chi connectivity index (χ2n) is 4.95. The maximum atomic E-state index is 8.85. The first kappa shape index (κ1) is 12.9. The topological polar surface area (TPSA) is 39.1 Å². The Balaban J connectivity index is 1.80. The molecule has 96 valence electrons. The molecular weight excluding hydrogens is 222 g/mol. The molecule has 0 bridgehead atoms. The highest BCUT2D eigenvalue weighted by molar-refractivity contribution is 5.49. The van der Waals surface area contributed by atoms with Crippen molar-refractivity contribution in [3.05, 3.63) is 29.8 Å². The number of nitriles is 1. The Morgan fingerprint density at radius 2 is 2.17 bits per heavy atom. The molecule has 1 N–H and O–H groups in total. The number of nitrogens with one attached hydrogen (secondary N) is 1. The highest BCUT2D eigenvalue weighted by Crippen LogP contribution is 2.18. The quantitative estimate of drug-likeness (QED) is 0.883. The van der Waals surface area contributed by atoms with Gasteiger partial charge in [-0.1, -0.05) is 13.0 Å². The molecule has 1 heterocycles. The fraction of sp³-hybridized carbons (Fsp3) is 0.533. The summed E-state index contributed by atoms with van der Waals surface area (Å²) in [5.74, 6) is 0.763. The fourth-order valence-corrected chi connectivity index (χ4v) is 2.47. The summed E-state index contributed by atoms with van der Waals surface area (Å²) in [6.07, 6.45) is 2.55. The van der Waals surface area contributed by atoms with E-state index in [-0.39, 0.29) is 0 Å². The Hall–Kier alpha value is -1.53. The number of likely N-dealkylation sites (tertiary alicyclic amines) is 1.